The zero-order chi connectivity index (χ0) is 7.84. The fraction of sp³-hybridized carbons (Fsp3) is 0.333. The van der Waals surface area contributed by atoms with Crippen molar-refractivity contribution in [2.24, 2.45) is 0 Å². The summed E-state index contributed by atoms with van der Waals surface area (Å²) in [4.78, 5) is 0. The molecule has 0 bridgehead atoms. The molecule has 0 fully saturated rings. The first-order valence-electron chi connectivity index (χ1n) is 3.74. The number of halogens is 1. The molecule has 0 aromatic heterocycles. The van der Waals surface area contributed by atoms with Gasteiger partial charge < -0.3 is 5.11 Å². The second-order valence-electron chi connectivity index (χ2n) is 2.87. The maximum Gasteiger partial charge on any atom is 0.129 e. The highest BCUT2D eigenvalue weighted by Gasteiger charge is 2.22. The number of hydrogen-bond acceptors (Lipinski definition) is 1. The number of benzene rings is 1. The molecule has 58 valence electrons. The van der Waals surface area contributed by atoms with Gasteiger partial charge in [0, 0.05) is 5.56 Å². The minimum Gasteiger partial charge on any atom is -0.388 e. The Morgan fingerprint density at radius 1 is 1.45 bits per heavy atom. The molecule has 1 aromatic carbocycles. The normalized spacial score (nSPS) is 21.8. The van der Waals surface area contributed by atoms with Crippen molar-refractivity contribution in [2.45, 2.75) is 18.9 Å². The van der Waals surface area contributed by atoms with Gasteiger partial charge in [0.25, 0.3) is 0 Å². The highest BCUT2D eigenvalue weighted by Crippen LogP contribution is 2.32. The van der Waals surface area contributed by atoms with Crippen LogP contribution in [0.2, 0.25) is 0 Å². The van der Waals surface area contributed by atoms with E-state index in [1.54, 1.807) is 6.07 Å². The zero-order valence-electron chi connectivity index (χ0n) is 6.05. The summed E-state index contributed by atoms with van der Waals surface area (Å²) < 4.78 is 13.0. The van der Waals surface area contributed by atoms with Crippen LogP contribution in [0.4, 0.5) is 4.39 Å². The molecule has 1 aliphatic carbocycles. The molecule has 0 radical (unpaired) electrons. The molecule has 1 aromatic rings. The van der Waals surface area contributed by atoms with Crippen molar-refractivity contribution in [2.75, 3.05) is 0 Å². The van der Waals surface area contributed by atoms with E-state index in [2.05, 4.69) is 0 Å². The van der Waals surface area contributed by atoms with Gasteiger partial charge >= 0.3 is 0 Å². The maximum absolute atomic E-state index is 13.0. The van der Waals surface area contributed by atoms with Gasteiger partial charge in [-0.25, -0.2) is 4.39 Å². The number of aliphatic hydroxyl groups excluding tert-OH is 1. The van der Waals surface area contributed by atoms with E-state index in [4.69, 9.17) is 0 Å². The quantitative estimate of drug-likeness (QED) is 0.601. The molecule has 1 unspecified atom stereocenters. The van der Waals surface area contributed by atoms with Crippen molar-refractivity contribution >= 4 is 0 Å². The molecular formula is C9H9FO. The predicted molar refractivity (Wildman–Crippen MR) is 39.7 cm³/mol. The molecular weight excluding hydrogens is 143 g/mol. The van der Waals surface area contributed by atoms with Crippen LogP contribution in [0.5, 0.6) is 0 Å². The maximum atomic E-state index is 13.0. The molecule has 1 atom stereocenters. The van der Waals surface area contributed by atoms with Crippen molar-refractivity contribution < 1.29 is 9.50 Å². The van der Waals surface area contributed by atoms with Crippen LogP contribution in [0, 0.1) is 5.82 Å². The lowest BCUT2D eigenvalue weighted by molar-refractivity contribution is 0.176. The molecule has 0 heterocycles. The van der Waals surface area contributed by atoms with Crippen LogP contribution in [0.1, 0.15) is 23.7 Å². The number of aliphatic hydroxyl groups is 1. The summed E-state index contributed by atoms with van der Waals surface area (Å²) in [7, 11) is 0. The molecule has 0 spiro atoms. The van der Waals surface area contributed by atoms with Crippen molar-refractivity contribution in [1.82, 2.24) is 0 Å². The van der Waals surface area contributed by atoms with E-state index in [1.807, 2.05) is 6.07 Å². The molecule has 1 nitrogen and oxygen atoms in total. The van der Waals surface area contributed by atoms with Gasteiger partial charge in [-0.3, -0.25) is 0 Å². The van der Waals surface area contributed by atoms with Crippen LogP contribution in [0.25, 0.3) is 0 Å². The Kier molecular flexibility index (Phi) is 1.43. The summed E-state index contributed by atoms with van der Waals surface area (Å²) in [6, 6.07) is 4.95. The van der Waals surface area contributed by atoms with Crippen molar-refractivity contribution in [3.8, 4) is 0 Å². The van der Waals surface area contributed by atoms with E-state index in [9.17, 15) is 9.50 Å². The highest BCUT2D eigenvalue weighted by atomic mass is 19.1. The predicted octanol–water partition coefficient (Wildman–Crippen LogP) is 1.81. The highest BCUT2D eigenvalue weighted by molar-refractivity contribution is 5.34. The van der Waals surface area contributed by atoms with Gasteiger partial charge in [-0.1, -0.05) is 12.1 Å². The fourth-order valence-electron chi connectivity index (χ4n) is 1.61. The number of fused-ring (bicyclic) bond motifs is 1. The minimum atomic E-state index is -0.578. The first kappa shape index (κ1) is 6.80. The SMILES string of the molecule is OC1CCc2cccc(F)c21. The smallest absolute Gasteiger partial charge is 0.129 e. The second kappa shape index (κ2) is 2.31. The molecule has 0 saturated carbocycles. The van der Waals surface area contributed by atoms with Crippen LogP contribution in [-0.4, -0.2) is 5.11 Å². The fourth-order valence-corrected chi connectivity index (χ4v) is 1.61. The third-order valence-corrected chi connectivity index (χ3v) is 2.16. The van der Waals surface area contributed by atoms with E-state index in [0.29, 0.717) is 12.0 Å². The molecule has 11 heavy (non-hydrogen) atoms. The van der Waals surface area contributed by atoms with Gasteiger partial charge in [-0.05, 0) is 24.5 Å². The molecule has 1 aliphatic rings. The van der Waals surface area contributed by atoms with Crippen LogP contribution in [-0.2, 0) is 6.42 Å². The van der Waals surface area contributed by atoms with E-state index in [-0.39, 0.29) is 5.82 Å². The minimum absolute atomic E-state index is 0.271. The van der Waals surface area contributed by atoms with Gasteiger partial charge in [0.2, 0.25) is 0 Å². The lowest BCUT2D eigenvalue weighted by Gasteiger charge is -2.03. The average molecular weight is 152 g/mol. The number of rotatable bonds is 0. The zero-order valence-corrected chi connectivity index (χ0v) is 6.05. The van der Waals surface area contributed by atoms with E-state index < -0.39 is 6.10 Å². The first-order chi connectivity index (χ1) is 5.29. The third kappa shape index (κ3) is 0.942. The molecule has 2 rings (SSSR count). The number of hydrogen-bond donors (Lipinski definition) is 1. The van der Waals surface area contributed by atoms with Crippen molar-refractivity contribution in [3.63, 3.8) is 0 Å². The van der Waals surface area contributed by atoms with Crippen LogP contribution < -0.4 is 0 Å². The Hall–Kier alpha value is -0.890. The van der Waals surface area contributed by atoms with E-state index in [0.717, 1.165) is 12.0 Å². The Morgan fingerprint density at radius 2 is 2.27 bits per heavy atom. The Bertz CT molecular complexity index is 283. The van der Waals surface area contributed by atoms with Crippen LogP contribution >= 0.6 is 0 Å². The lowest BCUT2D eigenvalue weighted by Crippen LogP contribution is -1.94. The molecule has 0 saturated heterocycles. The summed E-state index contributed by atoms with van der Waals surface area (Å²) in [6.45, 7) is 0. The monoisotopic (exact) mass is 152 g/mol. The van der Waals surface area contributed by atoms with Crippen molar-refractivity contribution in [1.29, 1.82) is 0 Å². The summed E-state index contributed by atoms with van der Waals surface area (Å²) in [5.74, 6) is -0.271. The molecule has 1 N–H and O–H groups in total. The van der Waals surface area contributed by atoms with Crippen LogP contribution in [0.3, 0.4) is 0 Å². The second-order valence-corrected chi connectivity index (χ2v) is 2.87. The van der Waals surface area contributed by atoms with Gasteiger partial charge in [0.1, 0.15) is 5.82 Å². The third-order valence-electron chi connectivity index (χ3n) is 2.16. The number of aryl methyl sites for hydroxylation is 1. The van der Waals surface area contributed by atoms with Crippen molar-refractivity contribution in [3.05, 3.63) is 35.1 Å². The van der Waals surface area contributed by atoms with Gasteiger partial charge in [0.15, 0.2) is 0 Å². The summed E-state index contributed by atoms with van der Waals surface area (Å²) in [5, 5.41) is 9.32. The lowest BCUT2D eigenvalue weighted by atomic mass is 10.1. The Labute approximate surface area is 64.5 Å². The summed E-state index contributed by atoms with van der Waals surface area (Å²) >= 11 is 0. The molecule has 2 heteroatoms. The molecule has 0 amide bonds. The van der Waals surface area contributed by atoms with Gasteiger partial charge in [-0.2, -0.15) is 0 Å². The summed E-state index contributed by atoms with van der Waals surface area (Å²) in [6.07, 6.45) is 0.885. The van der Waals surface area contributed by atoms with Gasteiger partial charge in [0.05, 0.1) is 6.10 Å². The standard InChI is InChI=1S/C9H9FO/c10-7-3-1-2-6-4-5-8(11)9(6)7/h1-3,8,11H,4-5H2. The Morgan fingerprint density at radius 3 is 3.00 bits per heavy atom. The van der Waals surface area contributed by atoms with E-state index >= 15 is 0 Å². The van der Waals surface area contributed by atoms with Gasteiger partial charge in [-0.15, -0.1) is 0 Å². The Balaban J connectivity index is 2.58. The first-order valence-corrected chi connectivity index (χ1v) is 3.74. The topological polar surface area (TPSA) is 20.2 Å². The van der Waals surface area contributed by atoms with E-state index in [1.165, 1.54) is 6.07 Å². The van der Waals surface area contributed by atoms with Crippen LogP contribution in [0.15, 0.2) is 18.2 Å². The molecule has 0 aliphatic heterocycles. The summed E-state index contributed by atoms with van der Waals surface area (Å²) in [5.41, 5.74) is 1.46. The average Bonchev–Trinajstić information content (AvgIpc) is 2.34. The largest absolute Gasteiger partial charge is 0.388 e.